The van der Waals surface area contributed by atoms with Crippen LogP contribution in [0.25, 0.3) is 0 Å². The highest BCUT2D eigenvalue weighted by molar-refractivity contribution is 5.93. The molecule has 0 bridgehead atoms. The molecule has 0 aliphatic carbocycles. The zero-order valence-corrected chi connectivity index (χ0v) is 10.5. The van der Waals surface area contributed by atoms with Gasteiger partial charge in [0.1, 0.15) is 6.33 Å². The molecule has 1 heterocycles. The number of nitrogens with two attached hydrogens (primary N) is 1. The van der Waals surface area contributed by atoms with Crippen molar-refractivity contribution in [2.75, 3.05) is 0 Å². The van der Waals surface area contributed by atoms with Crippen LogP contribution in [0.1, 0.15) is 45.4 Å². The second-order valence-corrected chi connectivity index (χ2v) is 4.19. The van der Waals surface area contributed by atoms with E-state index in [9.17, 15) is 0 Å². The van der Waals surface area contributed by atoms with E-state index in [1.807, 2.05) is 0 Å². The molecule has 0 fully saturated rings. The van der Waals surface area contributed by atoms with Gasteiger partial charge in [-0.3, -0.25) is 4.68 Å². The van der Waals surface area contributed by atoms with E-state index in [0.717, 1.165) is 13.0 Å². The molecule has 0 spiro atoms. The van der Waals surface area contributed by atoms with Crippen molar-refractivity contribution >= 4 is 5.84 Å². The lowest BCUT2D eigenvalue weighted by molar-refractivity contribution is 0.318. The van der Waals surface area contributed by atoms with Crippen LogP contribution in [0.15, 0.2) is 11.5 Å². The van der Waals surface area contributed by atoms with Crippen molar-refractivity contribution < 1.29 is 5.21 Å². The smallest absolute Gasteiger partial charge is 0.219 e. The largest absolute Gasteiger partial charge is 0.409 e. The van der Waals surface area contributed by atoms with Crippen LogP contribution in [-0.2, 0) is 6.54 Å². The molecule has 0 aliphatic heterocycles. The lowest BCUT2D eigenvalue weighted by Crippen LogP contribution is -2.16. The van der Waals surface area contributed by atoms with Gasteiger partial charge in [-0.2, -0.15) is 0 Å². The highest BCUT2D eigenvalue weighted by atomic mass is 16.4. The van der Waals surface area contributed by atoms with Gasteiger partial charge in [-0.1, -0.05) is 38.3 Å². The second kappa shape index (κ2) is 6.88. The molecule has 17 heavy (non-hydrogen) atoms. The predicted molar refractivity (Wildman–Crippen MR) is 65.8 cm³/mol. The Balaban J connectivity index is 2.58. The number of hydrogen-bond acceptors (Lipinski definition) is 4. The first-order valence-corrected chi connectivity index (χ1v) is 6.08. The van der Waals surface area contributed by atoms with Gasteiger partial charge in [-0.15, -0.1) is 5.10 Å². The first-order chi connectivity index (χ1) is 8.21. The SMILES string of the molecule is CCCCC(CC)Cn1cnc(C(N)=NO)n1. The first kappa shape index (κ1) is 13.5. The number of amidine groups is 1. The van der Waals surface area contributed by atoms with Gasteiger partial charge in [-0.05, 0) is 12.3 Å². The highest BCUT2D eigenvalue weighted by Gasteiger charge is 2.10. The normalized spacial score (nSPS) is 13.9. The van der Waals surface area contributed by atoms with Crippen molar-refractivity contribution in [3.63, 3.8) is 0 Å². The van der Waals surface area contributed by atoms with Crippen LogP contribution in [-0.4, -0.2) is 25.8 Å². The molecule has 0 saturated carbocycles. The molecular formula is C11H21N5O. The summed E-state index contributed by atoms with van der Waals surface area (Å²) in [5, 5.41) is 15.6. The van der Waals surface area contributed by atoms with Crippen molar-refractivity contribution in [1.29, 1.82) is 0 Å². The average Bonchev–Trinajstić information content (AvgIpc) is 2.81. The van der Waals surface area contributed by atoms with E-state index in [1.54, 1.807) is 11.0 Å². The maximum atomic E-state index is 8.52. The summed E-state index contributed by atoms with van der Waals surface area (Å²) in [6.07, 6.45) is 6.40. The molecule has 6 heteroatoms. The summed E-state index contributed by atoms with van der Waals surface area (Å²) in [6, 6.07) is 0. The standard InChI is InChI=1S/C11H21N5O/c1-3-5-6-9(4-2)7-16-8-13-11(14-16)10(12)15-17/h8-9,17H,3-7H2,1-2H3,(H2,12,15). The lowest BCUT2D eigenvalue weighted by Gasteiger charge is -2.13. The Bertz CT molecular complexity index is 360. The van der Waals surface area contributed by atoms with Crippen LogP contribution in [0.4, 0.5) is 0 Å². The molecule has 1 aromatic rings. The summed E-state index contributed by atoms with van der Waals surface area (Å²) in [7, 11) is 0. The van der Waals surface area contributed by atoms with Gasteiger partial charge in [0.05, 0.1) is 0 Å². The quantitative estimate of drug-likeness (QED) is 0.327. The van der Waals surface area contributed by atoms with Crippen molar-refractivity contribution in [3.8, 4) is 0 Å². The van der Waals surface area contributed by atoms with Gasteiger partial charge in [0, 0.05) is 6.54 Å². The van der Waals surface area contributed by atoms with Crippen LogP contribution in [0.2, 0.25) is 0 Å². The van der Waals surface area contributed by atoms with Gasteiger partial charge in [-0.25, -0.2) is 4.98 Å². The molecule has 1 unspecified atom stereocenters. The third kappa shape index (κ3) is 4.05. The fourth-order valence-corrected chi connectivity index (χ4v) is 1.73. The van der Waals surface area contributed by atoms with Crippen LogP contribution in [0, 0.1) is 5.92 Å². The van der Waals surface area contributed by atoms with E-state index in [1.165, 1.54) is 19.3 Å². The molecule has 0 aromatic carbocycles. The van der Waals surface area contributed by atoms with Crippen molar-refractivity contribution in [1.82, 2.24) is 14.8 Å². The lowest BCUT2D eigenvalue weighted by atomic mass is 10.00. The molecule has 0 aliphatic rings. The minimum absolute atomic E-state index is 0.0506. The van der Waals surface area contributed by atoms with Crippen molar-refractivity contribution in [3.05, 3.63) is 12.2 Å². The molecule has 0 saturated heterocycles. The topological polar surface area (TPSA) is 89.3 Å². The molecule has 1 rings (SSSR count). The fraction of sp³-hybridized carbons (Fsp3) is 0.727. The van der Waals surface area contributed by atoms with Crippen LogP contribution in [0.3, 0.4) is 0 Å². The van der Waals surface area contributed by atoms with Gasteiger partial charge in [0.25, 0.3) is 0 Å². The second-order valence-electron chi connectivity index (χ2n) is 4.19. The molecule has 0 radical (unpaired) electrons. The Morgan fingerprint density at radius 1 is 1.59 bits per heavy atom. The predicted octanol–water partition coefficient (Wildman–Crippen LogP) is 1.59. The van der Waals surface area contributed by atoms with Gasteiger partial charge in [0.2, 0.25) is 11.7 Å². The number of unbranched alkanes of at least 4 members (excludes halogenated alkanes) is 1. The van der Waals surface area contributed by atoms with E-state index in [4.69, 9.17) is 10.9 Å². The van der Waals surface area contributed by atoms with E-state index in [0.29, 0.717) is 5.92 Å². The number of rotatable bonds is 7. The first-order valence-electron chi connectivity index (χ1n) is 6.08. The number of hydrogen-bond donors (Lipinski definition) is 2. The Labute approximate surface area is 102 Å². The van der Waals surface area contributed by atoms with Gasteiger partial charge >= 0.3 is 0 Å². The van der Waals surface area contributed by atoms with Crippen LogP contribution in [0.5, 0.6) is 0 Å². The van der Waals surface area contributed by atoms with Crippen molar-refractivity contribution in [2.24, 2.45) is 16.8 Å². The van der Waals surface area contributed by atoms with E-state index in [2.05, 4.69) is 29.1 Å². The zero-order valence-electron chi connectivity index (χ0n) is 10.5. The zero-order chi connectivity index (χ0) is 12.7. The molecule has 1 aromatic heterocycles. The number of oxime groups is 1. The Hall–Kier alpha value is -1.59. The minimum atomic E-state index is -0.0506. The fourth-order valence-electron chi connectivity index (χ4n) is 1.73. The molecule has 6 nitrogen and oxygen atoms in total. The maximum absolute atomic E-state index is 8.52. The minimum Gasteiger partial charge on any atom is -0.409 e. The molecule has 96 valence electrons. The maximum Gasteiger partial charge on any atom is 0.219 e. The number of nitrogens with zero attached hydrogens (tertiary/aromatic N) is 4. The Morgan fingerprint density at radius 2 is 2.35 bits per heavy atom. The average molecular weight is 239 g/mol. The highest BCUT2D eigenvalue weighted by Crippen LogP contribution is 2.14. The summed E-state index contributed by atoms with van der Waals surface area (Å²) >= 11 is 0. The molecule has 1 atom stereocenters. The third-order valence-electron chi connectivity index (χ3n) is 2.86. The Morgan fingerprint density at radius 3 is 2.94 bits per heavy atom. The van der Waals surface area contributed by atoms with Crippen LogP contribution >= 0.6 is 0 Å². The van der Waals surface area contributed by atoms with E-state index in [-0.39, 0.29) is 11.7 Å². The van der Waals surface area contributed by atoms with Crippen molar-refractivity contribution in [2.45, 2.75) is 46.1 Å². The Kier molecular flexibility index (Phi) is 5.45. The summed E-state index contributed by atoms with van der Waals surface area (Å²) in [6.45, 7) is 5.21. The van der Waals surface area contributed by atoms with Crippen LogP contribution < -0.4 is 5.73 Å². The molecule has 3 N–H and O–H groups in total. The molecular weight excluding hydrogens is 218 g/mol. The summed E-state index contributed by atoms with van der Waals surface area (Å²) in [5.74, 6) is 0.833. The summed E-state index contributed by atoms with van der Waals surface area (Å²) in [4.78, 5) is 3.99. The molecule has 0 amide bonds. The van der Waals surface area contributed by atoms with Gasteiger partial charge in [0.15, 0.2) is 0 Å². The summed E-state index contributed by atoms with van der Waals surface area (Å²) < 4.78 is 1.76. The van der Waals surface area contributed by atoms with E-state index < -0.39 is 0 Å². The monoisotopic (exact) mass is 239 g/mol. The number of aromatic nitrogens is 3. The summed E-state index contributed by atoms with van der Waals surface area (Å²) in [5.41, 5.74) is 5.41. The third-order valence-corrected chi connectivity index (χ3v) is 2.86. The van der Waals surface area contributed by atoms with E-state index >= 15 is 0 Å². The van der Waals surface area contributed by atoms with Gasteiger partial charge < -0.3 is 10.9 Å².